The van der Waals surface area contributed by atoms with Gasteiger partial charge in [-0.3, -0.25) is 19.7 Å². The molecule has 2 amide bonds. The highest BCUT2D eigenvalue weighted by Gasteiger charge is 2.22. The molecule has 3 aromatic rings. The Morgan fingerprint density at radius 2 is 1.96 bits per heavy atom. The number of nitrogens with two attached hydrogens (primary N) is 1. The van der Waals surface area contributed by atoms with Crippen LogP contribution in [0.3, 0.4) is 0 Å². The molecule has 3 rings (SSSR count). The fraction of sp³-hybridized carbons (Fsp3) is 0. The molecule has 0 aliphatic heterocycles. The number of primary amides is 1. The van der Waals surface area contributed by atoms with Gasteiger partial charge in [0.25, 0.3) is 17.5 Å². The molecule has 9 heteroatoms. The van der Waals surface area contributed by atoms with Gasteiger partial charge in [0.1, 0.15) is 17.1 Å². The molecule has 0 atom stereocenters. The minimum atomic E-state index is -0.964. The fourth-order valence-electron chi connectivity index (χ4n) is 2.31. The van der Waals surface area contributed by atoms with Crippen LogP contribution in [0.2, 0.25) is 0 Å². The second-order valence-corrected chi connectivity index (χ2v) is 5.07. The minimum Gasteiger partial charge on any atom is -0.448 e. The molecule has 0 unspecified atom stereocenters. The summed E-state index contributed by atoms with van der Waals surface area (Å²) in [6, 6.07) is 8.57. The number of non-ortho nitro benzene ring substituents is 1. The van der Waals surface area contributed by atoms with Gasteiger partial charge in [-0.15, -0.1) is 0 Å². The second-order valence-electron chi connectivity index (χ2n) is 5.07. The van der Waals surface area contributed by atoms with Crippen molar-refractivity contribution in [3.05, 3.63) is 69.7 Å². The number of nitrogens with zero attached hydrogens (tertiary/aromatic N) is 1. The van der Waals surface area contributed by atoms with Crippen molar-refractivity contribution in [2.75, 3.05) is 5.32 Å². The highest BCUT2D eigenvalue weighted by molar-refractivity contribution is 6.14. The van der Waals surface area contributed by atoms with Gasteiger partial charge in [0, 0.05) is 17.0 Å². The van der Waals surface area contributed by atoms with E-state index < -0.39 is 22.6 Å². The predicted molar refractivity (Wildman–Crippen MR) is 85.7 cm³/mol. The summed E-state index contributed by atoms with van der Waals surface area (Å²) in [7, 11) is 0. The fourth-order valence-corrected chi connectivity index (χ4v) is 2.31. The molecule has 0 aliphatic rings. The molecule has 8 nitrogen and oxygen atoms in total. The Balaban J connectivity index is 2.07. The number of carbonyl (C=O) groups excluding carboxylic acids is 2. The molecule has 0 spiro atoms. The normalized spacial score (nSPS) is 10.6. The smallest absolute Gasteiger partial charge is 0.286 e. The molecule has 1 aromatic heterocycles. The van der Waals surface area contributed by atoms with E-state index in [2.05, 4.69) is 5.32 Å². The third-order valence-electron chi connectivity index (χ3n) is 3.43. The van der Waals surface area contributed by atoms with Gasteiger partial charge in [-0.1, -0.05) is 6.07 Å². The Kier molecular flexibility index (Phi) is 3.89. The van der Waals surface area contributed by atoms with Crippen molar-refractivity contribution in [1.82, 2.24) is 0 Å². The molecule has 126 valence electrons. The van der Waals surface area contributed by atoms with E-state index in [4.69, 9.17) is 10.2 Å². The van der Waals surface area contributed by atoms with Gasteiger partial charge in [-0.2, -0.15) is 0 Å². The summed E-state index contributed by atoms with van der Waals surface area (Å²) in [4.78, 5) is 34.0. The largest absolute Gasteiger partial charge is 0.448 e. The Morgan fingerprint density at radius 3 is 2.60 bits per heavy atom. The Hall–Kier alpha value is -3.75. The first kappa shape index (κ1) is 16.1. The summed E-state index contributed by atoms with van der Waals surface area (Å²) >= 11 is 0. The molecule has 0 saturated heterocycles. The van der Waals surface area contributed by atoms with Crippen molar-refractivity contribution >= 4 is 34.2 Å². The average molecular weight is 343 g/mol. The van der Waals surface area contributed by atoms with Crippen LogP contribution in [-0.2, 0) is 0 Å². The molecule has 25 heavy (non-hydrogen) atoms. The third kappa shape index (κ3) is 3.02. The van der Waals surface area contributed by atoms with Crippen LogP contribution in [0.1, 0.15) is 20.9 Å². The number of rotatable bonds is 4. The molecular weight excluding hydrogens is 333 g/mol. The van der Waals surface area contributed by atoms with E-state index in [1.54, 1.807) is 0 Å². The summed E-state index contributed by atoms with van der Waals surface area (Å²) in [6.45, 7) is 0. The van der Waals surface area contributed by atoms with E-state index in [1.807, 2.05) is 0 Å². The van der Waals surface area contributed by atoms with Crippen LogP contribution in [-0.4, -0.2) is 16.7 Å². The molecule has 0 fully saturated rings. The maximum absolute atomic E-state index is 13.3. The van der Waals surface area contributed by atoms with Crippen LogP contribution < -0.4 is 11.1 Å². The van der Waals surface area contributed by atoms with Crippen molar-refractivity contribution in [3.63, 3.8) is 0 Å². The van der Waals surface area contributed by atoms with E-state index in [0.29, 0.717) is 0 Å². The van der Waals surface area contributed by atoms with Crippen LogP contribution in [0.4, 0.5) is 15.8 Å². The van der Waals surface area contributed by atoms with Crippen LogP contribution in [0.5, 0.6) is 0 Å². The van der Waals surface area contributed by atoms with Gasteiger partial charge in [-0.05, 0) is 24.3 Å². The van der Waals surface area contributed by atoms with Gasteiger partial charge in [0.2, 0.25) is 5.76 Å². The van der Waals surface area contributed by atoms with E-state index in [-0.39, 0.29) is 33.7 Å². The minimum absolute atomic E-state index is 0.0116. The molecule has 0 saturated carbocycles. The van der Waals surface area contributed by atoms with Crippen LogP contribution in [0, 0.1) is 15.9 Å². The number of nitrogens with one attached hydrogen (secondary N) is 1. The Morgan fingerprint density at radius 1 is 1.20 bits per heavy atom. The van der Waals surface area contributed by atoms with Crippen molar-refractivity contribution in [3.8, 4) is 0 Å². The number of furan rings is 1. The number of hydrogen-bond acceptors (Lipinski definition) is 5. The van der Waals surface area contributed by atoms with Crippen molar-refractivity contribution in [2.45, 2.75) is 0 Å². The molecule has 0 bridgehead atoms. The molecule has 0 aliphatic carbocycles. The highest BCUT2D eigenvalue weighted by atomic mass is 19.1. The van der Waals surface area contributed by atoms with Crippen molar-refractivity contribution in [2.24, 2.45) is 5.73 Å². The lowest BCUT2D eigenvalue weighted by atomic mass is 10.1. The van der Waals surface area contributed by atoms with Crippen LogP contribution in [0.15, 0.2) is 46.9 Å². The highest BCUT2D eigenvalue weighted by Crippen LogP contribution is 2.33. The van der Waals surface area contributed by atoms with Gasteiger partial charge >= 0.3 is 0 Å². The Labute approximate surface area is 139 Å². The van der Waals surface area contributed by atoms with Crippen LogP contribution >= 0.6 is 0 Å². The van der Waals surface area contributed by atoms with Crippen LogP contribution in [0.25, 0.3) is 11.0 Å². The first-order valence-electron chi connectivity index (χ1n) is 6.94. The number of anilines is 1. The molecule has 3 N–H and O–H groups in total. The number of hydrogen-bond donors (Lipinski definition) is 2. The molecule has 0 radical (unpaired) electrons. The zero-order chi connectivity index (χ0) is 18.1. The third-order valence-corrected chi connectivity index (χ3v) is 3.43. The number of nitro benzene ring substituents is 1. The number of benzene rings is 2. The summed E-state index contributed by atoms with van der Waals surface area (Å²) in [6.07, 6.45) is 0. The lowest BCUT2D eigenvalue weighted by Gasteiger charge is -2.05. The monoisotopic (exact) mass is 343 g/mol. The number of halogens is 1. The average Bonchev–Trinajstić information content (AvgIpc) is 2.93. The maximum Gasteiger partial charge on any atom is 0.286 e. The number of nitro groups is 1. The summed E-state index contributed by atoms with van der Waals surface area (Å²) in [5, 5.41) is 13.5. The van der Waals surface area contributed by atoms with E-state index in [1.165, 1.54) is 30.3 Å². The first-order chi connectivity index (χ1) is 11.9. The summed E-state index contributed by atoms with van der Waals surface area (Å²) in [5.41, 5.74) is 4.98. The first-order valence-corrected chi connectivity index (χ1v) is 6.94. The van der Waals surface area contributed by atoms with Gasteiger partial charge in [-0.25, -0.2) is 4.39 Å². The number of amides is 2. The summed E-state index contributed by atoms with van der Waals surface area (Å²) < 4.78 is 18.5. The maximum atomic E-state index is 13.3. The Bertz CT molecular complexity index is 1030. The van der Waals surface area contributed by atoms with E-state index >= 15 is 0 Å². The zero-order valence-corrected chi connectivity index (χ0v) is 12.5. The van der Waals surface area contributed by atoms with Gasteiger partial charge in [0.15, 0.2) is 0 Å². The lowest BCUT2D eigenvalue weighted by molar-refractivity contribution is -0.384. The molecule has 1 heterocycles. The SMILES string of the molecule is NC(=O)c1oc2cc([N+](=O)[O-])ccc2c1NC(=O)c1cccc(F)c1. The quantitative estimate of drug-likeness (QED) is 0.556. The van der Waals surface area contributed by atoms with Crippen molar-refractivity contribution < 1.29 is 23.3 Å². The summed E-state index contributed by atoms with van der Waals surface area (Å²) in [5.74, 6) is -2.62. The molecular formula is C16H10FN3O5. The number of carbonyl (C=O) groups is 2. The standard InChI is InChI=1S/C16H10FN3O5/c17-9-3-1-2-8(6-9)16(22)19-13-11-5-4-10(20(23)24)7-12(11)25-14(13)15(18)21/h1-7H,(H2,18,21)(H,19,22). The molecule has 2 aromatic carbocycles. The second kappa shape index (κ2) is 6.04. The van der Waals surface area contributed by atoms with Crippen molar-refractivity contribution in [1.29, 1.82) is 0 Å². The van der Waals surface area contributed by atoms with E-state index in [9.17, 15) is 24.1 Å². The number of fused-ring (bicyclic) bond motifs is 1. The van der Waals surface area contributed by atoms with Gasteiger partial charge in [0.05, 0.1) is 11.0 Å². The predicted octanol–water partition coefficient (Wildman–Crippen LogP) is 2.83. The van der Waals surface area contributed by atoms with E-state index in [0.717, 1.165) is 12.1 Å². The van der Waals surface area contributed by atoms with Gasteiger partial charge < -0.3 is 15.5 Å². The topological polar surface area (TPSA) is 128 Å². The zero-order valence-electron chi connectivity index (χ0n) is 12.5. The lowest BCUT2D eigenvalue weighted by Crippen LogP contribution is -2.17.